The van der Waals surface area contributed by atoms with Gasteiger partial charge in [0.2, 0.25) is 5.82 Å². The SMILES string of the molecule is O=C(OCc1nc(-c2ccc(C(F)(F)F)cc2)no1)c1ccc(Cl)cc1. The Morgan fingerprint density at radius 3 is 2.35 bits per heavy atom. The van der Waals surface area contributed by atoms with Crippen LogP contribution in [0.5, 0.6) is 0 Å². The molecular formula is C17H10ClF3N2O3. The van der Waals surface area contributed by atoms with Crippen LogP contribution in [0.3, 0.4) is 0 Å². The Labute approximate surface area is 150 Å². The first-order chi connectivity index (χ1) is 12.3. The normalized spacial score (nSPS) is 11.4. The fourth-order valence-electron chi connectivity index (χ4n) is 2.04. The van der Waals surface area contributed by atoms with Crippen molar-refractivity contribution in [3.05, 3.63) is 70.6 Å². The van der Waals surface area contributed by atoms with E-state index in [0.717, 1.165) is 12.1 Å². The number of halogens is 4. The largest absolute Gasteiger partial charge is 0.452 e. The molecule has 0 fully saturated rings. The molecule has 0 aliphatic carbocycles. The van der Waals surface area contributed by atoms with E-state index in [1.807, 2.05) is 0 Å². The second-order valence-corrected chi connectivity index (χ2v) is 5.61. The van der Waals surface area contributed by atoms with Gasteiger partial charge in [0.05, 0.1) is 11.1 Å². The van der Waals surface area contributed by atoms with E-state index in [1.54, 1.807) is 12.1 Å². The maximum atomic E-state index is 12.6. The van der Waals surface area contributed by atoms with E-state index in [2.05, 4.69) is 10.1 Å². The summed E-state index contributed by atoms with van der Waals surface area (Å²) in [6.45, 7) is -0.269. The highest BCUT2D eigenvalue weighted by molar-refractivity contribution is 6.30. The Bertz CT molecular complexity index is 906. The monoisotopic (exact) mass is 382 g/mol. The van der Waals surface area contributed by atoms with E-state index in [-0.39, 0.29) is 18.3 Å². The third kappa shape index (κ3) is 4.20. The van der Waals surface area contributed by atoms with E-state index in [0.29, 0.717) is 16.1 Å². The molecule has 9 heteroatoms. The van der Waals surface area contributed by atoms with Gasteiger partial charge in [0.15, 0.2) is 6.61 Å². The summed E-state index contributed by atoms with van der Waals surface area (Å²) in [5, 5.41) is 4.15. The van der Waals surface area contributed by atoms with Crippen LogP contribution >= 0.6 is 11.6 Å². The molecule has 0 aliphatic rings. The number of benzene rings is 2. The van der Waals surface area contributed by atoms with E-state index in [1.165, 1.54) is 24.3 Å². The molecule has 0 unspecified atom stereocenters. The summed E-state index contributed by atoms with van der Waals surface area (Å²) in [6, 6.07) is 10.4. The third-order valence-corrected chi connectivity index (χ3v) is 3.60. The minimum absolute atomic E-state index is 0.0159. The fraction of sp³-hybridized carbons (Fsp3) is 0.118. The Morgan fingerprint density at radius 2 is 1.73 bits per heavy atom. The van der Waals surface area contributed by atoms with Crippen LogP contribution in [0.2, 0.25) is 5.02 Å². The van der Waals surface area contributed by atoms with Gasteiger partial charge in [-0.2, -0.15) is 18.2 Å². The molecule has 0 N–H and O–H groups in total. The van der Waals surface area contributed by atoms with Crippen molar-refractivity contribution >= 4 is 17.6 Å². The number of rotatable bonds is 4. The zero-order chi connectivity index (χ0) is 18.7. The second kappa shape index (κ2) is 7.17. The zero-order valence-electron chi connectivity index (χ0n) is 13.0. The minimum Gasteiger partial charge on any atom is -0.452 e. The van der Waals surface area contributed by atoms with Crippen molar-refractivity contribution in [2.24, 2.45) is 0 Å². The second-order valence-electron chi connectivity index (χ2n) is 5.17. The quantitative estimate of drug-likeness (QED) is 0.608. The summed E-state index contributed by atoms with van der Waals surface area (Å²) in [7, 11) is 0. The number of aromatic nitrogens is 2. The molecule has 3 rings (SSSR count). The topological polar surface area (TPSA) is 65.2 Å². The number of hydrogen-bond acceptors (Lipinski definition) is 5. The molecule has 0 spiro atoms. The molecule has 0 bridgehead atoms. The zero-order valence-corrected chi connectivity index (χ0v) is 13.7. The summed E-state index contributed by atoms with van der Waals surface area (Å²) in [5.74, 6) is -0.491. The standard InChI is InChI=1S/C17H10ClF3N2O3/c18-13-7-3-11(4-8-13)16(24)25-9-14-22-15(23-26-14)10-1-5-12(6-2-10)17(19,20)21/h1-8H,9H2. The summed E-state index contributed by atoms with van der Waals surface area (Å²) >= 11 is 5.74. The lowest BCUT2D eigenvalue weighted by molar-refractivity contribution is -0.137. The molecule has 1 aromatic heterocycles. The van der Waals surface area contributed by atoms with Crippen LogP contribution in [0.25, 0.3) is 11.4 Å². The van der Waals surface area contributed by atoms with Crippen molar-refractivity contribution in [3.63, 3.8) is 0 Å². The molecule has 1 heterocycles. The Kier molecular flexibility index (Phi) is 4.94. The number of alkyl halides is 3. The smallest absolute Gasteiger partial charge is 0.416 e. The van der Waals surface area contributed by atoms with Crippen molar-refractivity contribution in [2.75, 3.05) is 0 Å². The maximum Gasteiger partial charge on any atom is 0.416 e. The van der Waals surface area contributed by atoms with Crippen molar-refractivity contribution in [3.8, 4) is 11.4 Å². The first-order valence-electron chi connectivity index (χ1n) is 7.26. The Hall–Kier alpha value is -2.87. The summed E-state index contributed by atoms with van der Waals surface area (Å²) in [4.78, 5) is 15.9. The molecule has 5 nitrogen and oxygen atoms in total. The van der Waals surface area contributed by atoms with Crippen LogP contribution in [-0.4, -0.2) is 16.1 Å². The first kappa shape index (κ1) is 17.9. The molecular weight excluding hydrogens is 373 g/mol. The van der Waals surface area contributed by atoms with Crippen molar-refractivity contribution in [1.82, 2.24) is 10.1 Å². The van der Waals surface area contributed by atoms with Gasteiger partial charge in [-0.05, 0) is 36.4 Å². The first-order valence-corrected chi connectivity index (χ1v) is 7.63. The van der Waals surface area contributed by atoms with Gasteiger partial charge in [-0.3, -0.25) is 0 Å². The highest BCUT2D eigenvalue weighted by Crippen LogP contribution is 2.30. The molecule has 0 saturated heterocycles. The van der Waals surface area contributed by atoms with E-state index in [9.17, 15) is 18.0 Å². The molecule has 2 aromatic carbocycles. The van der Waals surface area contributed by atoms with E-state index < -0.39 is 17.7 Å². The van der Waals surface area contributed by atoms with Gasteiger partial charge in [0.1, 0.15) is 0 Å². The van der Waals surface area contributed by atoms with Gasteiger partial charge in [-0.25, -0.2) is 4.79 Å². The Balaban J connectivity index is 1.64. The van der Waals surface area contributed by atoms with Crippen LogP contribution < -0.4 is 0 Å². The summed E-state index contributed by atoms with van der Waals surface area (Å²) < 4.78 is 47.7. The molecule has 0 aliphatic heterocycles. The number of carbonyl (C=O) groups is 1. The van der Waals surface area contributed by atoms with Gasteiger partial charge in [0, 0.05) is 10.6 Å². The van der Waals surface area contributed by atoms with Gasteiger partial charge >= 0.3 is 12.1 Å². The molecule has 134 valence electrons. The number of esters is 1. The summed E-state index contributed by atoms with van der Waals surface area (Å²) in [5.41, 5.74) is -0.129. The average molecular weight is 383 g/mol. The van der Waals surface area contributed by atoms with Crippen molar-refractivity contribution < 1.29 is 27.2 Å². The lowest BCUT2D eigenvalue weighted by Crippen LogP contribution is -2.05. The van der Waals surface area contributed by atoms with Crippen molar-refractivity contribution in [2.45, 2.75) is 12.8 Å². The molecule has 0 radical (unpaired) electrons. The number of nitrogens with zero attached hydrogens (tertiary/aromatic N) is 2. The lowest BCUT2D eigenvalue weighted by atomic mass is 10.1. The maximum absolute atomic E-state index is 12.6. The highest BCUT2D eigenvalue weighted by atomic mass is 35.5. The molecule has 3 aromatic rings. The van der Waals surface area contributed by atoms with Crippen LogP contribution in [0.4, 0.5) is 13.2 Å². The molecule has 0 saturated carbocycles. The third-order valence-electron chi connectivity index (χ3n) is 3.35. The fourth-order valence-corrected chi connectivity index (χ4v) is 2.16. The predicted molar refractivity (Wildman–Crippen MR) is 85.3 cm³/mol. The molecule has 26 heavy (non-hydrogen) atoms. The number of ether oxygens (including phenoxy) is 1. The van der Waals surface area contributed by atoms with Gasteiger partial charge in [-0.15, -0.1) is 0 Å². The lowest BCUT2D eigenvalue weighted by Gasteiger charge is -2.05. The van der Waals surface area contributed by atoms with E-state index >= 15 is 0 Å². The summed E-state index contributed by atoms with van der Waals surface area (Å²) in [6.07, 6.45) is -4.42. The van der Waals surface area contributed by atoms with Crippen LogP contribution in [-0.2, 0) is 17.5 Å². The minimum atomic E-state index is -4.42. The van der Waals surface area contributed by atoms with Gasteiger partial charge in [-0.1, -0.05) is 28.9 Å². The number of hydrogen-bond donors (Lipinski definition) is 0. The molecule has 0 atom stereocenters. The highest BCUT2D eigenvalue weighted by Gasteiger charge is 2.30. The average Bonchev–Trinajstić information content (AvgIpc) is 3.09. The van der Waals surface area contributed by atoms with E-state index in [4.69, 9.17) is 20.9 Å². The Morgan fingerprint density at radius 1 is 1.08 bits per heavy atom. The molecule has 0 amide bonds. The van der Waals surface area contributed by atoms with Crippen molar-refractivity contribution in [1.29, 1.82) is 0 Å². The predicted octanol–water partition coefficient (Wildman–Crippen LogP) is 4.77. The van der Waals surface area contributed by atoms with Gasteiger partial charge in [0.25, 0.3) is 5.89 Å². The van der Waals surface area contributed by atoms with Crippen LogP contribution in [0.15, 0.2) is 53.1 Å². The van der Waals surface area contributed by atoms with Gasteiger partial charge < -0.3 is 9.26 Å². The van der Waals surface area contributed by atoms with Crippen LogP contribution in [0.1, 0.15) is 21.8 Å². The van der Waals surface area contributed by atoms with Crippen LogP contribution in [0, 0.1) is 0 Å². The number of carbonyl (C=O) groups excluding carboxylic acids is 1.